The molecule has 0 aliphatic carbocycles. The third kappa shape index (κ3) is 3.70. The Morgan fingerprint density at radius 1 is 1.33 bits per heavy atom. The second-order valence-electron chi connectivity index (χ2n) is 5.33. The number of carbonyl (C=O) groups is 1. The number of ether oxygens (including phenoxy) is 2. The Balaban J connectivity index is 1.52. The molecule has 126 valence electrons. The molecule has 0 saturated carbocycles. The van der Waals surface area contributed by atoms with Gasteiger partial charge in [0.25, 0.3) is 5.56 Å². The van der Waals surface area contributed by atoms with Crippen LogP contribution in [0.4, 0.5) is 0 Å². The van der Waals surface area contributed by atoms with E-state index in [9.17, 15) is 9.59 Å². The van der Waals surface area contributed by atoms with E-state index in [2.05, 4.69) is 15.3 Å². The van der Waals surface area contributed by atoms with Crippen LogP contribution in [0.15, 0.2) is 28.2 Å². The molecule has 2 aromatic rings. The fraction of sp³-hybridized carbons (Fsp3) is 0.312. The third-order valence-corrected chi connectivity index (χ3v) is 4.51. The van der Waals surface area contributed by atoms with E-state index in [0.717, 1.165) is 5.56 Å². The number of hydrogen-bond acceptors (Lipinski definition) is 6. The molecule has 0 atom stereocenters. The van der Waals surface area contributed by atoms with Crippen LogP contribution in [0, 0.1) is 13.8 Å². The number of aryl methyl sites for hydroxylation is 1. The molecule has 0 spiro atoms. The Kier molecular flexibility index (Phi) is 4.75. The maximum Gasteiger partial charge on any atom is 0.254 e. The number of aromatic amines is 1. The predicted molar refractivity (Wildman–Crippen MR) is 89.5 cm³/mol. The van der Waals surface area contributed by atoms with Crippen molar-refractivity contribution in [3.63, 3.8) is 0 Å². The van der Waals surface area contributed by atoms with E-state index in [1.807, 2.05) is 18.2 Å². The molecule has 1 aliphatic heterocycles. The van der Waals surface area contributed by atoms with Gasteiger partial charge in [-0.15, -0.1) is 0 Å². The lowest BCUT2D eigenvalue weighted by Crippen LogP contribution is -2.25. The smallest absolute Gasteiger partial charge is 0.254 e. The quantitative estimate of drug-likeness (QED) is 0.629. The number of rotatable bonds is 5. The standard InChI is InChI=1S/C16H17N3O4S/c1-9-10(2)18-16(19-15(9)21)24-7-14(20)17-6-11-3-4-12-13(5-11)23-8-22-12/h3-5H,6-8H2,1-2H3,(H,17,20)(H,18,19,21). The fourth-order valence-corrected chi connectivity index (χ4v) is 2.86. The number of nitrogens with zero attached hydrogens (tertiary/aromatic N) is 1. The van der Waals surface area contributed by atoms with E-state index in [0.29, 0.717) is 34.5 Å². The van der Waals surface area contributed by atoms with Gasteiger partial charge in [-0.3, -0.25) is 9.59 Å². The minimum Gasteiger partial charge on any atom is -0.454 e. The van der Waals surface area contributed by atoms with Gasteiger partial charge in [0.05, 0.1) is 5.75 Å². The van der Waals surface area contributed by atoms with Crippen LogP contribution in [0.5, 0.6) is 11.5 Å². The number of hydrogen-bond donors (Lipinski definition) is 2. The predicted octanol–water partition coefficient (Wildman–Crippen LogP) is 1.52. The average Bonchev–Trinajstić information content (AvgIpc) is 3.03. The SMILES string of the molecule is Cc1nc(SCC(=O)NCc2ccc3c(c2)OCO3)[nH]c(=O)c1C. The lowest BCUT2D eigenvalue weighted by atomic mass is 10.2. The molecule has 24 heavy (non-hydrogen) atoms. The minimum absolute atomic E-state index is 0.140. The van der Waals surface area contributed by atoms with Crippen molar-refractivity contribution in [1.82, 2.24) is 15.3 Å². The number of amides is 1. The van der Waals surface area contributed by atoms with Crippen LogP contribution in [0.1, 0.15) is 16.8 Å². The number of aromatic nitrogens is 2. The van der Waals surface area contributed by atoms with Crippen LogP contribution in [0.3, 0.4) is 0 Å². The number of carbonyl (C=O) groups excluding carboxylic acids is 1. The molecule has 8 heteroatoms. The van der Waals surface area contributed by atoms with Crippen LogP contribution >= 0.6 is 11.8 Å². The van der Waals surface area contributed by atoms with Gasteiger partial charge < -0.3 is 19.8 Å². The maximum atomic E-state index is 12.0. The Bertz CT molecular complexity index is 835. The molecule has 1 amide bonds. The largest absolute Gasteiger partial charge is 0.454 e. The summed E-state index contributed by atoms with van der Waals surface area (Å²) in [7, 11) is 0. The summed E-state index contributed by atoms with van der Waals surface area (Å²) in [6.45, 7) is 4.11. The number of benzene rings is 1. The molecule has 0 fully saturated rings. The Hall–Kier alpha value is -2.48. The zero-order valence-electron chi connectivity index (χ0n) is 13.3. The van der Waals surface area contributed by atoms with E-state index in [4.69, 9.17) is 9.47 Å². The van der Waals surface area contributed by atoms with Gasteiger partial charge >= 0.3 is 0 Å². The van der Waals surface area contributed by atoms with Crippen molar-refractivity contribution < 1.29 is 14.3 Å². The molecule has 0 bridgehead atoms. The molecule has 1 aromatic heterocycles. The Labute approximate surface area is 142 Å². The van der Waals surface area contributed by atoms with E-state index in [1.54, 1.807) is 13.8 Å². The summed E-state index contributed by atoms with van der Waals surface area (Å²) in [4.78, 5) is 30.5. The summed E-state index contributed by atoms with van der Waals surface area (Å²) in [5, 5.41) is 3.27. The number of fused-ring (bicyclic) bond motifs is 1. The molecule has 3 rings (SSSR count). The Morgan fingerprint density at radius 3 is 2.92 bits per heavy atom. The summed E-state index contributed by atoms with van der Waals surface area (Å²) in [6.07, 6.45) is 0. The van der Waals surface area contributed by atoms with Crippen molar-refractivity contribution in [3.05, 3.63) is 45.4 Å². The van der Waals surface area contributed by atoms with Crippen molar-refractivity contribution in [2.75, 3.05) is 12.5 Å². The third-order valence-electron chi connectivity index (χ3n) is 3.64. The highest BCUT2D eigenvalue weighted by atomic mass is 32.2. The molecule has 0 radical (unpaired) electrons. The van der Waals surface area contributed by atoms with Gasteiger partial charge in [0.15, 0.2) is 16.7 Å². The normalized spacial score (nSPS) is 12.2. The fourth-order valence-electron chi connectivity index (χ4n) is 2.12. The molecule has 2 N–H and O–H groups in total. The monoisotopic (exact) mass is 347 g/mol. The molecule has 7 nitrogen and oxygen atoms in total. The summed E-state index contributed by atoms with van der Waals surface area (Å²) >= 11 is 1.20. The molecule has 1 aromatic carbocycles. The first-order valence-electron chi connectivity index (χ1n) is 7.38. The van der Waals surface area contributed by atoms with Gasteiger partial charge in [0, 0.05) is 17.8 Å². The van der Waals surface area contributed by atoms with Crippen LogP contribution in [0.25, 0.3) is 0 Å². The van der Waals surface area contributed by atoms with E-state index >= 15 is 0 Å². The second-order valence-corrected chi connectivity index (χ2v) is 6.30. The number of H-pyrrole nitrogens is 1. The minimum atomic E-state index is -0.175. The zero-order chi connectivity index (χ0) is 17.1. The van der Waals surface area contributed by atoms with E-state index < -0.39 is 0 Å². The first kappa shape index (κ1) is 16.4. The maximum absolute atomic E-state index is 12.0. The average molecular weight is 347 g/mol. The van der Waals surface area contributed by atoms with Crippen LogP contribution < -0.4 is 20.3 Å². The van der Waals surface area contributed by atoms with Gasteiger partial charge in [0.1, 0.15) is 0 Å². The highest BCUT2D eigenvalue weighted by Crippen LogP contribution is 2.32. The van der Waals surface area contributed by atoms with Crippen LogP contribution in [-0.2, 0) is 11.3 Å². The van der Waals surface area contributed by atoms with Crippen LogP contribution in [-0.4, -0.2) is 28.4 Å². The van der Waals surface area contributed by atoms with Gasteiger partial charge in [-0.25, -0.2) is 4.98 Å². The zero-order valence-corrected chi connectivity index (χ0v) is 14.2. The highest BCUT2D eigenvalue weighted by Gasteiger charge is 2.13. The van der Waals surface area contributed by atoms with Crippen molar-refractivity contribution >= 4 is 17.7 Å². The van der Waals surface area contributed by atoms with Gasteiger partial charge in [-0.05, 0) is 31.5 Å². The van der Waals surface area contributed by atoms with Gasteiger partial charge in [-0.1, -0.05) is 17.8 Å². The molecular weight excluding hydrogens is 330 g/mol. The van der Waals surface area contributed by atoms with E-state index in [-0.39, 0.29) is 24.0 Å². The lowest BCUT2D eigenvalue weighted by molar-refractivity contribution is -0.118. The first-order valence-corrected chi connectivity index (χ1v) is 8.37. The van der Waals surface area contributed by atoms with Crippen molar-refractivity contribution in [2.24, 2.45) is 0 Å². The van der Waals surface area contributed by atoms with E-state index in [1.165, 1.54) is 11.8 Å². The molecule has 0 unspecified atom stereocenters. The topological polar surface area (TPSA) is 93.3 Å². The first-order chi connectivity index (χ1) is 11.5. The molecule has 1 aliphatic rings. The molecule has 2 heterocycles. The van der Waals surface area contributed by atoms with Crippen molar-refractivity contribution in [1.29, 1.82) is 0 Å². The van der Waals surface area contributed by atoms with Crippen LogP contribution in [0.2, 0.25) is 0 Å². The van der Waals surface area contributed by atoms with Gasteiger partial charge in [-0.2, -0.15) is 0 Å². The molecule has 0 saturated heterocycles. The highest BCUT2D eigenvalue weighted by molar-refractivity contribution is 7.99. The summed E-state index contributed by atoms with van der Waals surface area (Å²) in [5.74, 6) is 1.44. The number of thioether (sulfide) groups is 1. The second kappa shape index (κ2) is 6.96. The molecular formula is C16H17N3O4S. The summed E-state index contributed by atoms with van der Waals surface area (Å²) < 4.78 is 10.5. The summed E-state index contributed by atoms with van der Waals surface area (Å²) in [6, 6.07) is 5.55. The Morgan fingerprint density at radius 2 is 2.12 bits per heavy atom. The van der Waals surface area contributed by atoms with Crippen molar-refractivity contribution in [3.8, 4) is 11.5 Å². The lowest BCUT2D eigenvalue weighted by Gasteiger charge is -2.07. The number of nitrogens with one attached hydrogen (secondary N) is 2. The van der Waals surface area contributed by atoms with Crippen molar-refractivity contribution in [2.45, 2.75) is 25.5 Å². The van der Waals surface area contributed by atoms with Gasteiger partial charge in [0.2, 0.25) is 12.7 Å². The summed E-state index contributed by atoms with van der Waals surface area (Å²) in [5.41, 5.74) is 2.01.